The summed E-state index contributed by atoms with van der Waals surface area (Å²) in [6, 6.07) is 57.0. The second-order valence-corrected chi connectivity index (χ2v) is 14.5. The van der Waals surface area contributed by atoms with Crippen LogP contribution < -0.4 is 9.64 Å². The van der Waals surface area contributed by atoms with Crippen LogP contribution in [0.2, 0.25) is 0 Å². The number of aromatic nitrogens is 1. The van der Waals surface area contributed by atoms with Gasteiger partial charge in [-0.3, -0.25) is 0 Å². The lowest BCUT2D eigenvalue weighted by Crippen LogP contribution is -2.24. The predicted octanol–water partition coefficient (Wildman–Crippen LogP) is 13.1. The van der Waals surface area contributed by atoms with Gasteiger partial charge >= 0.3 is 0 Å². The Kier molecular flexibility index (Phi) is 6.09. The van der Waals surface area contributed by atoms with Crippen molar-refractivity contribution in [2.75, 3.05) is 4.90 Å². The van der Waals surface area contributed by atoms with Crippen molar-refractivity contribution < 1.29 is 4.74 Å². The average Bonchev–Trinajstić information content (AvgIpc) is 3.67. The third-order valence-corrected chi connectivity index (χ3v) is 11.4. The van der Waals surface area contributed by atoms with Crippen LogP contribution in [0, 0.1) is 0 Å². The average molecular weight is 649 g/mol. The summed E-state index contributed by atoms with van der Waals surface area (Å²) in [4.78, 5) is 2.38. The molecule has 0 bridgehead atoms. The highest BCUT2D eigenvalue weighted by atomic mass is 32.1. The SMILES string of the molecule is CC1(C)c2ccccc2Oc2cc(N(c3ccc4c(c3)sc3ccccc34)c3ccc4c(c3)c3ccccc3n4-c3ccccc3)ccc21. The maximum absolute atomic E-state index is 6.64. The van der Waals surface area contributed by atoms with Gasteiger partial charge in [-0.05, 0) is 66.7 Å². The van der Waals surface area contributed by atoms with E-state index in [1.165, 1.54) is 53.1 Å². The fraction of sp³-hybridized carbons (Fsp3) is 0.0667. The molecule has 4 heteroatoms. The van der Waals surface area contributed by atoms with Crippen LogP contribution in [0.1, 0.15) is 25.0 Å². The van der Waals surface area contributed by atoms with Crippen molar-refractivity contribution in [3.8, 4) is 17.2 Å². The van der Waals surface area contributed by atoms with Crippen molar-refractivity contribution in [3.05, 3.63) is 169 Å². The van der Waals surface area contributed by atoms with Crippen molar-refractivity contribution in [2.24, 2.45) is 0 Å². The highest BCUT2D eigenvalue weighted by Gasteiger charge is 2.34. The van der Waals surface area contributed by atoms with Crippen LogP contribution in [0.25, 0.3) is 47.7 Å². The van der Waals surface area contributed by atoms with Crippen molar-refractivity contribution in [1.29, 1.82) is 0 Å². The van der Waals surface area contributed by atoms with Gasteiger partial charge in [0, 0.05) is 76.3 Å². The molecule has 0 atom stereocenters. The molecule has 3 nitrogen and oxygen atoms in total. The zero-order valence-electron chi connectivity index (χ0n) is 27.2. The van der Waals surface area contributed by atoms with Gasteiger partial charge in [0.05, 0.1) is 11.0 Å². The number of benzene rings is 7. The Morgan fingerprint density at radius 3 is 2.02 bits per heavy atom. The van der Waals surface area contributed by atoms with Crippen LogP contribution in [0.15, 0.2) is 158 Å². The topological polar surface area (TPSA) is 17.4 Å². The third kappa shape index (κ3) is 4.27. The number of ether oxygens (including phenoxy) is 1. The molecule has 0 aliphatic carbocycles. The number of hydrogen-bond donors (Lipinski definition) is 0. The summed E-state index contributed by atoms with van der Waals surface area (Å²) in [5.41, 5.74) is 9.02. The lowest BCUT2D eigenvalue weighted by atomic mass is 9.76. The second kappa shape index (κ2) is 10.6. The zero-order chi connectivity index (χ0) is 32.7. The van der Waals surface area contributed by atoms with Gasteiger partial charge in [-0.2, -0.15) is 0 Å². The Morgan fingerprint density at radius 2 is 1.12 bits per heavy atom. The van der Waals surface area contributed by atoms with Gasteiger partial charge in [0.25, 0.3) is 0 Å². The number of anilines is 3. The van der Waals surface area contributed by atoms with E-state index in [-0.39, 0.29) is 5.41 Å². The standard InChI is InChI=1S/C45H32N2OS/c1-45(2)37-16-8-10-18-41(37)48-42-27-31(21-24-38(42)45)46(32-20-23-35-34-15-7-11-19-43(34)49-44(35)28-32)30-22-25-40-36(26-30)33-14-6-9-17-39(33)47(40)29-12-4-3-5-13-29/h3-28H,1-2H3. The number of rotatable bonds is 4. The van der Waals surface area contributed by atoms with Gasteiger partial charge in [-0.1, -0.05) is 98.8 Å². The summed E-state index contributed by atoms with van der Waals surface area (Å²) < 4.78 is 11.6. The van der Waals surface area contributed by atoms with Crippen molar-refractivity contribution in [2.45, 2.75) is 19.3 Å². The highest BCUT2D eigenvalue weighted by Crippen LogP contribution is 2.50. The minimum atomic E-state index is -0.179. The molecule has 49 heavy (non-hydrogen) atoms. The molecule has 0 amide bonds. The van der Waals surface area contributed by atoms with Crippen LogP contribution in [0.3, 0.4) is 0 Å². The van der Waals surface area contributed by atoms with E-state index < -0.39 is 0 Å². The first-order chi connectivity index (χ1) is 24.0. The van der Waals surface area contributed by atoms with Gasteiger partial charge in [0.2, 0.25) is 0 Å². The minimum Gasteiger partial charge on any atom is -0.457 e. The van der Waals surface area contributed by atoms with E-state index >= 15 is 0 Å². The first kappa shape index (κ1) is 28.2. The fourth-order valence-corrected chi connectivity index (χ4v) is 8.98. The monoisotopic (exact) mass is 648 g/mol. The first-order valence-electron chi connectivity index (χ1n) is 16.8. The van der Waals surface area contributed by atoms with Gasteiger partial charge in [0.1, 0.15) is 11.5 Å². The molecular formula is C45H32N2OS. The Morgan fingerprint density at radius 1 is 0.490 bits per heavy atom. The summed E-state index contributed by atoms with van der Waals surface area (Å²) in [6.07, 6.45) is 0. The highest BCUT2D eigenvalue weighted by molar-refractivity contribution is 7.25. The lowest BCUT2D eigenvalue weighted by molar-refractivity contribution is 0.418. The van der Waals surface area contributed by atoms with Gasteiger partial charge in [-0.25, -0.2) is 0 Å². The van der Waals surface area contributed by atoms with E-state index in [4.69, 9.17) is 4.74 Å². The molecule has 7 aromatic carbocycles. The lowest BCUT2D eigenvalue weighted by Gasteiger charge is -2.35. The normalized spacial score (nSPS) is 13.4. The summed E-state index contributed by atoms with van der Waals surface area (Å²) in [5.74, 6) is 1.82. The van der Waals surface area contributed by atoms with Crippen molar-refractivity contribution >= 4 is 70.4 Å². The van der Waals surface area contributed by atoms with E-state index in [1.807, 2.05) is 11.3 Å². The number of thiophene rings is 1. The molecule has 0 unspecified atom stereocenters. The van der Waals surface area contributed by atoms with Crippen LogP contribution in [-0.2, 0) is 5.41 Å². The first-order valence-corrected chi connectivity index (χ1v) is 17.6. The molecule has 0 radical (unpaired) electrons. The van der Waals surface area contributed by atoms with E-state index in [0.717, 1.165) is 34.2 Å². The molecular weight excluding hydrogens is 617 g/mol. The van der Waals surface area contributed by atoms with Crippen LogP contribution in [0.4, 0.5) is 17.1 Å². The van der Waals surface area contributed by atoms with Gasteiger partial charge in [0.15, 0.2) is 0 Å². The Balaban J connectivity index is 1.20. The molecule has 3 heterocycles. The summed E-state index contributed by atoms with van der Waals surface area (Å²) in [6.45, 7) is 4.58. The van der Waals surface area contributed by atoms with Crippen LogP contribution >= 0.6 is 11.3 Å². The minimum absolute atomic E-state index is 0.179. The maximum Gasteiger partial charge on any atom is 0.133 e. The van der Waals surface area contributed by atoms with E-state index in [1.54, 1.807) is 0 Å². The van der Waals surface area contributed by atoms with Crippen LogP contribution in [0.5, 0.6) is 11.5 Å². The largest absolute Gasteiger partial charge is 0.457 e. The molecule has 0 spiro atoms. The molecule has 2 aromatic heterocycles. The molecule has 0 N–H and O–H groups in total. The number of fused-ring (bicyclic) bond motifs is 8. The maximum atomic E-state index is 6.64. The van der Waals surface area contributed by atoms with Gasteiger partial charge < -0.3 is 14.2 Å². The second-order valence-electron chi connectivity index (χ2n) is 13.4. The Labute approximate surface area is 288 Å². The smallest absolute Gasteiger partial charge is 0.133 e. The molecule has 0 saturated carbocycles. The Hall–Kier alpha value is -5.84. The quantitative estimate of drug-likeness (QED) is 0.189. The molecule has 234 valence electrons. The van der Waals surface area contributed by atoms with Crippen LogP contribution in [-0.4, -0.2) is 4.57 Å². The van der Waals surface area contributed by atoms with Gasteiger partial charge in [-0.15, -0.1) is 11.3 Å². The predicted molar refractivity (Wildman–Crippen MR) is 207 cm³/mol. The molecule has 1 aliphatic rings. The van der Waals surface area contributed by atoms with Crippen molar-refractivity contribution in [1.82, 2.24) is 4.57 Å². The molecule has 0 fully saturated rings. The molecule has 1 aliphatic heterocycles. The molecule has 9 aromatic rings. The number of nitrogens with zero attached hydrogens (tertiary/aromatic N) is 2. The van der Waals surface area contributed by atoms with E-state index in [9.17, 15) is 0 Å². The van der Waals surface area contributed by atoms with Crippen molar-refractivity contribution in [3.63, 3.8) is 0 Å². The number of para-hydroxylation sites is 3. The van der Waals surface area contributed by atoms with E-state index in [0.29, 0.717) is 0 Å². The summed E-state index contributed by atoms with van der Waals surface area (Å²) in [7, 11) is 0. The summed E-state index contributed by atoms with van der Waals surface area (Å²) in [5, 5.41) is 5.04. The van der Waals surface area contributed by atoms with E-state index in [2.05, 4.69) is 181 Å². The summed E-state index contributed by atoms with van der Waals surface area (Å²) >= 11 is 1.85. The zero-order valence-corrected chi connectivity index (χ0v) is 28.0. The number of hydrogen-bond acceptors (Lipinski definition) is 3. The molecule has 0 saturated heterocycles. The third-order valence-electron chi connectivity index (χ3n) is 10.2. The fourth-order valence-electron chi connectivity index (χ4n) is 7.84. The Bertz CT molecular complexity index is 2740. The molecule has 10 rings (SSSR count).